The van der Waals surface area contributed by atoms with Crippen LogP contribution in [0.5, 0.6) is 5.75 Å². The van der Waals surface area contributed by atoms with Crippen LogP contribution in [0.1, 0.15) is 33.4 Å². The highest BCUT2D eigenvalue weighted by atomic mass is 16.5. The second-order valence-corrected chi connectivity index (χ2v) is 7.09. The summed E-state index contributed by atoms with van der Waals surface area (Å²) in [6, 6.07) is 14.3. The Kier molecular flexibility index (Phi) is 4.80. The summed E-state index contributed by atoms with van der Waals surface area (Å²) < 4.78 is 6.87. The van der Waals surface area contributed by atoms with Gasteiger partial charge in [-0.05, 0) is 29.3 Å². The molecule has 7 heteroatoms. The molecule has 1 aliphatic heterocycles. The van der Waals surface area contributed by atoms with Gasteiger partial charge in [0.1, 0.15) is 5.75 Å². The molecule has 0 radical (unpaired) electrons. The van der Waals surface area contributed by atoms with Crippen molar-refractivity contribution in [3.8, 4) is 5.75 Å². The van der Waals surface area contributed by atoms with Crippen molar-refractivity contribution in [3.05, 3.63) is 77.6 Å². The number of nitrogens with one attached hydrogen (secondary N) is 1. The number of hydrogen-bond donors (Lipinski definition) is 1. The summed E-state index contributed by atoms with van der Waals surface area (Å²) in [5.41, 5.74) is 2.74. The first kappa shape index (κ1) is 18.7. The summed E-state index contributed by atoms with van der Waals surface area (Å²) in [7, 11) is 5.13. The lowest BCUT2D eigenvalue weighted by Gasteiger charge is -2.39. The lowest BCUT2D eigenvalue weighted by atomic mass is 9.79. The van der Waals surface area contributed by atoms with Crippen molar-refractivity contribution >= 4 is 17.5 Å². The Balaban J connectivity index is 1.79. The number of likely N-dealkylation sites (N-methyl/N-ethyl adjacent to an activating group) is 1. The Morgan fingerprint density at radius 2 is 1.83 bits per heavy atom. The number of ether oxygens (including phenoxy) is 1. The van der Waals surface area contributed by atoms with E-state index in [0.29, 0.717) is 11.3 Å². The van der Waals surface area contributed by atoms with E-state index in [-0.39, 0.29) is 11.8 Å². The summed E-state index contributed by atoms with van der Waals surface area (Å²) in [6.45, 7) is 0. The van der Waals surface area contributed by atoms with E-state index in [1.165, 1.54) is 0 Å². The Morgan fingerprint density at radius 1 is 1.10 bits per heavy atom. The number of fused-ring (bicyclic) bond motifs is 1. The molecule has 3 aromatic rings. The molecular weight excluding hydrogens is 368 g/mol. The highest BCUT2D eigenvalue weighted by molar-refractivity contribution is 6.04. The molecule has 0 saturated heterocycles. The third-order valence-corrected chi connectivity index (χ3v) is 5.29. The van der Waals surface area contributed by atoms with E-state index in [0.717, 1.165) is 16.9 Å². The SMILES string of the molecule is COc1ccc([C@@H]2[C@H](C(=O)Nc3cnn(C)c3)c3ccccc3C(=O)N2C)cc1. The fraction of sp³-hybridized carbons (Fsp3) is 0.227. The van der Waals surface area contributed by atoms with Crippen molar-refractivity contribution in [1.29, 1.82) is 0 Å². The monoisotopic (exact) mass is 390 g/mol. The smallest absolute Gasteiger partial charge is 0.254 e. The number of rotatable bonds is 4. The van der Waals surface area contributed by atoms with Gasteiger partial charge in [0.05, 0.1) is 31.0 Å². The molecule has 4 rings (SSSR count). The lowest BCUT2D eigenvalue weighted by molar-refractivity contribution is -0.119. The van der Waals surface area contributed by atoms with E-state index in [1.54, 1.807) is 49.2 Å². The second kappa shape index (κ2) is 7.43. The number of hydrogen-bond acceptors (Lipinski definition) is 4. The number of anilines is 1. The van der Waals surface area contributed by atoms with Crippen molar-refractivity contribution in [3.63, 3.8) is 0 Å². The second-order valence-electron chi connectivity index (χ2n) is 7.09. The molecule has 2 atom stereocenters. The number of carbonyl (C=O) groups is 2. The molecule has 1 aliphatic rings. The molecule has 2 aromatic carbocycles. The van der Waals surface area contributed by atoms with Crippen molar-refractivity contribution < 1.29 is 14.3 Å². The Bertz CT molecular complexity index is 1060. The topological polar surface area (TPSA) is 76.5 Å². The molecule has 148 valence electrons. The largest absolute Gasteiger partial charge is 0.497 e. The molecule has 0 aliphatic carbocycles. The van der Waals surface area contributed by atoms with E-state index >= 15 is 0 Å². The van der Waals surface area contributed by atoms with Crippen LogP contribution >= 0.6 is 0 Å². The summed E-state index contributed by atoms with van der Waals surface area (Å²) in [6.07, 6.45) is 3.34. The van der Waals surface area contributed by atoms with Crippen molar-refractivity contribution in [2.24, 2.45) is 7.05 Å². The molecule has 2 amide bonds. The highest BCUT2D eigenvalue weighted by Crippen LogP contribution is 2.42. The molecule has 0 unspecified atom stereocenters. The van der Waals surface area contributed by atoms with Crippen molar-refractivity contribution in [2.45, 2.75) is 12.0 Å². The minimum atomic E-state index is -0.567. The predicted octanol–water partition coefficient (Wildman–Crippen LogP) is 2.98. The van der Waals surface area contributed by atoms with Gasteiger partial charge < -0.3 is 15.0 Å². The summed E-state index contributed by atoms with van der Waals surface area (Å²) in [5.74, 6) is -0.143. The van der Waals surface area contributed by atoms with Crippen LogP contribution < -0.4 is 10.1 Å². The average Bonchev–Trinajstić information content (AvgIpc) is 3.15. The third-order valence-electron chi connectivity index (χ3n) is 5.29. The Hall–Kier alpha value is -3.61. The van der Waals surface area contributed by atoms with Crippen molar-refractivity contribution in [1.82, 2.24) is 14.7 Å². The highest BCUT2D eigenvalue weighted by Gasteiger charge is 2.42. The van der Waals surface area contributed by atoms with E-state index in [9.17, 15) is 9.59 Å². The zero-order chi connectivity index (χ0) is 20.5. The quantitative estimate of drug-likeness (QED) is 0.743. The molecule has 0 bridgehead atoms. The third kappa shape index (κ3) is 3.35. The van der Waals surface area contributed by atoms with E-state index in [1.807, 2.05) is 42.5 Å². The minimum Gasteiger partial charge on any atom is -0.497 e. The van der Waals surface area contributed by atoms with Crippen LogP contribution in [0.2, 0.25) is 0 Å². The molecule has 1 aromatic heterocycles. The zero-order valence-corrected chi connectivity index (χ0v) is 16.5. The van der Waals surface area contributed by atoms with Crippen LogP contribution in [0.3, 0.4) is 0 Å². The number of carbonyl (C=O) groups excluding carboxylic acids is 2. The van der Waals surface area contributed by atoms with Crippen LogP contribution in [0.15, 0.2) is 60.9 Å². The van der Waals surface area contributed by atoms with Gasteiger partial charge in [-0.1, -0.05) is 30.3 Å². The van der Waals surface area contributed by atoms with Crippen LogP contribution in [-0.4, -0.2) is 40.7 Å². The van der Waals surface area contributed by atoms with Gasteiger partial charge in [0.2, 0.25) is 5.91 Å². The van der Waals surface area contributed by atoms with E-state index < -0.39 is 12.0 Å². The number of nitrogens with zero attached hydrogens (tertiary/aromatic N) is 3. The Labute approximate surface area is 168 Å². The normalized spacial score (nSPS) is 18.3. The molecule has 2 heterocycles. The van der Waals surface area contributed by atoms with Gasteiger partial charge in [-0.2, -0.15) is 5.10 Å². The molecule has 0 saturated carbocycles. The molecule has 7 nitrogen and oxygen atoms in total. The number of aryl methyl sites for hydroxylation is 1. The summed E-state index contributed by atoms with van der Waals surface area (Å²) in [4.78, 5) is 28.0. The summed E-state index contributed by atoms with van der Waals surface area (Å²) >= 11 is 0. The van der Waals surface area contributed by atoms with Crippen LogP contribution in [0.4, 0.5) is 5.69 Å². The molecule has 1 N–H and O–H groups in total. The van der Waals surface area contributed by atoms with E-state index in [4.69, 9.17) is 4.74 Å². The molecule has 0 spiro atoms. The van der Waals surface area contributed by atoms with Crippen molar-refractivity contribution in [2.75, 3.05) is 19.5 Å². The maximum atomic E-state index is 13.4. The molecular formula is C22H22N4O3. The van der Waals surface area contributed by atoms with Gasteiger partial charge in [-0.15, -0.1) is 0 Å². The van der Waals surface area contributed by atoms with Crippen LogP contribution in [-0.2, 0) is 11.8 Å². The van der Waals surface area contributed by atoms with Gasteiger partial charge in [-0.25, -0.2) is 0 Å². The molecule has 0 fully saturated rings. The number of methoxy groups -OCH3 is 1. The first-order valence-electron chi connectivity index (χ1n) is 9.29. The maximum Gasteiger partial charge on any atom is 0.254 e. The van der Waals surface area contributed by atoms with Crippen LogP contribution in [0.25, 0.3) is 0 Å². The maximum absolute atomic E-state index is 13.4. The average molecular weight is 390 g/mol. The summed E-state index contributed by atoms with van der Waals surface area (Å²) in [5, 5.41) is 7.05. The van der Waals surface area contributed by atoms with Gasteiger partial charge >= 0.3 is 0 Å². The Morgan fingerprint density at radius 3 is 2.48 bits per heavy atom. The zero-order valence-electron chi connectivity index (χ0n) is 16.5. The number of benzene rings is 2. The fourth-order valence-electron chi connectivity index (χ4n) is 3.88. The van der Waals surface area contributed by atoms with Crippen LogP contribution in [0, 0.1) is 0 Å². The first-order valence-corrected chi connectivity index (χ1v) is 9.29. The van der Waals surface area contributed by atoms with E-state index in [2.05, 4.69) is 10.4 Å². The standard InChI is InChI=1S/C22H22N4O3/c1-25-13-15(12-23-25)24-21(27)19-17-6-4-5-7-18(17)22(28)26(2)20(19)14-8-10-16(29-3)11-9-14/h4-13,19-20H,1-3H3,(H,24,27)/t19-,20-/m1/s1. The number of aromatic nitrogens is 2. The lowest BCUT2D eigenvalue weighted by Crippen LogP contribution is -2.44. The van der Waals surface area contributed by atoms with Gasteiger partial charge in [0.25, 0.3) is 5.91 Å². The van der Waals surface area contributed by atoms with Gasteiger partial charge in [0.15, 0.2) is 0 Å². The molecule has 29 heavy (non-hydrogen) atoms. The predicted molar refractivity (Wildman–Crippen MR) is 109 cm³/mol. The number of amides is 2. The minimum absolute atomic E-state index is 0.105. The van der Waals surface area contributed by atoms with Gasteiger partial charge in [-0.3, -0.25) is 14.3 Å². The fourth-order valence-corrected chi connectivity index (χ4v) is 3.88. The van der Waals surface area contributed by atoms with Gasteiger partial charge in [0, 0.05) is 25.9 Å². The first-order chi connectivity index (χ1) is 14.0.